The van der Waals surface area contributed by atoms with Crippen LogP contribution in [0.3, 0.4) is 0 Å². The Hall–Kier alpha value is -2.17. The Morgan fingerprint density at radius 1 is 1.11 bits per heavy atom. The number of nitrogens with zero attached hydrogens (tertiary/aromatic N) is 2. The zero-order valence-electron chi connectivity index (χ0n) is 17.1. The summed E-state index contributed by atoms with van der Waals surface area (Å²) < 4.78 is 27.6. The summed E-state index contributed by atoms with van der Waals surface area (Å²) in [7, 11) is 0. The van der Waals surface area contributed by atoms with E-state index in [0.717, 1.165) is 30.7 Å². The van der Waals surface area contributed by atoms with Gasteiger partial charge in [-0.3, -0.25) is 4.79 Å². The highest BCUT2D eigenvalue weighted by Gasteiger charge is 2.27. The number of halogens is 2. The fourth-order valence-corrected chi connectivity index (χ4v) is 2.83. The molecule has 0 saturated carbocycles. The van der Waals surface area contributed by atoms with E-state index < -0.39 is 11.6 Å². The summed E-state index contributed by atoms with van der Waals surface area (Å²) in [5.41, 5.74) is 1.51. The second-order valence-corrected chi connectivity index (χ2v) is 7.02. The molecule has 3 rings (SSSR count). The van der Waals surface area contributed by atoms with Crippen molar-refractivity contribution in [2.24, 2.45) is 5.92 Å². The fraction of sp³-hybridized carbons (Fsp3) is 0.500. The predicted octanol–water partition coefficient (Wildman–Crippen LogP) is 6.12. The van der Waals surface area contributed by atoms with Crippen LogP contribution in [-0.4, -0.2) is 16.0 Å². The van der Waals surface area contributed by atoms with Crippen LogP contribution >= 0.6 is 0 Å². The molecule has 0 N–H and O–H groups in total. The lowest BCUT2D eigenvalue weighted by atomic mass is 9.84. The number of carbonyl (C=O) groups excluding carboxylic acids is 1. The number of rotatable bonds is 2. The van der Waals surface area contributed by atoms with Gasteiger partial charge in [0.1, 0.15) is 17.4 Å². The second-order valence-electron chi connectivity index (χ2n) is 7.02. The van der Waals surface area contributed by atoms with Crippen LogP contribution in [0, 0.1) is 17.6 Å². The molecule has 1 aliphatic rings. The minimum absolute atomic E-state index is 0.0510. The summed E-state index contributed by atoms with van der Waals surface area (Å²) in [5.74, 6) is -0.692. The van der Waals surface area contributed by atoms with E-state index in [9.17, 15) is 13.6 Å². The third-order valence-electron chi connectivity index (χ3n) is 3.88. The molecule has 0 amide bonds. The van der Waals surface area contributed by atoms with Crippen molar-refractivity contribution in [1.82, 2.24) is 10.2 Å². The van der Waals surface area contributed by atoms with Gasteiger partial charge in [-0.05, 0) is 55.9 Å². The Balaban J connectivity index is 0.000000541. The zero-order chi connectivity index (χ0) is 20.6. The molecule has 1 heterocycles. The van der Waals surface area contributed by atoms with E-state index in [1.165, 1.54) is 25.1 Å². The Kier molecular flexibility index (Phi) is 9.19. The normalized spacial score (nSPS) is 15.1. The molecule has 0 saturated heterocycles. The maximum atomic E-state index is 13.8. The molecule has 2 aromatic rings. The van der Waals surface area contributed by atoms with E-state index in [-0.39, 0.29) is 23.0 Å². The standard InChI is InChI=1S/C16H14F2N2O.C4H10.C2H6/c1-9(21)11-5-2-4-10-8-14(19-20-16(10)11)15-12(17)6-3-7-13(15)18;1-4(2)3;1-2/h3,6-8,11H,2,4-5H2,1H3;4H,1-3H3;1-2H3. The molecular formula is C22H30F2N2O. The lowest BCUT2D eigenvalue weighted by Crippen LogP contribution is -2.19. The average Bonchev–Trinajstić information content (AvgIpc) is 2.62. The first-order chi connectivity index (χ1) is 12.8. The van der Waals surface area contributed by atoms with Gasteiger partial charge in [0, 0.05) is 0 Å². The van der Waals surface area contributed by atoms with Crippen molar-refractivity contribution in [3.8, 4) is 11.3 Å². The van der Waals surface area contributed by atoms with Gasteiger partial charge in [-0.25, -0.2) is 8.78 Å². The van der Waals surface area contributed by atoms with Crippen molar-refractivity contribution < 1.29 is 13.6 Å². The first-order valence-electron chi connectivity index (χ1n) is 9.62. The summed E-state index contributed by atoms with van der Waals surface area (Å²) in [6.07, 6.45) is 2.37. The molecule has 1 unspecified atom stereocenters. The lowest BCUT2D eigenvalue weighted by molar-refractivity contribution is -0.118. The van der Waals surface area contributed by atoms with Crippen molar-refractivity contribution in [3.05, 3.63) is 47.2 Å². The number of benzene rings is 1. The topological polar surface area (TPSA) is 42.9 Å². The molecule has 0 bridgehead atoms. The molecule has 27 heavy (non-hydrogen) atoms. The maximum absolute atomic E-state index is 13.8. The van der Waals surface area contributed by atoms with Crippen molar-refractivity contribution in [2.45, 2.75) is 66.7 Å². The van der Waals surface area contributed by atoms with Crippen LogP contribution in [-0.2, 0) is 11.2 Å². The predicted molar refractivity (Wildman–Crippen MR) is 106 cm³/mol. The van der Waals surface area contributed by atoms with Crippen LogP contribution in [0.4, 0.5) is 8.78 Å². The first kappa shape index (κ1) is 22.9. The van der Waals surface area contributed by atoms with Gasteiger partial charge in [-0.1, -0.05) is 40.7 Å². The first-order valence-corrected chi connectivity index (χ1v) is 9.62. The Morgan fingerprint density at radius 3 is 2.19 bits per heavy atom. The minimum Gasteiger partial charge on any atom is -0.299 e. The zero-order valence-corrected chi connectivity index (χ0v) is 17.1. The SMILES string of the molecule is CC.CC(=O)C1CCCc2cc(-c3c(F)cccc3F)nnc21.CC(C)C. The van der Waals surface area contributed by atoms with E-state index in [1.54, 1.807) is 6.07 Å². The average molecular weight is 376 g/mol. The summed E-state index contributed by atoms with van der Waals surface area (Å²) in [6, 6.07) is 5.35. The number of aromatic nitrogens is 2. The molecular weight excluding hydrogens is 346 g/mol. The van der Waals surface area contributed by atoms with Gasteiger partial charge in [0.25, 0.3) is 0 Å². The summed E-state index contributed by atoms with van der Waals surface area (Å²) in [5, 5.41) is 8.01. The molecule has 5 heteroatoms. The van der Waals surface area contributed by atoms with E-state index in [0.29, 0.717) is 5.69 Å². The van der Waals surface area contributed by atoms with Gasteiger partial charge < -0.3 is 0 Å². The van der Waals surface area contributed by atoms with Crippen LogP contribution in [0.1, 0.15) is 71.6 Å². The smallest absolute Gasteiger partial charge is 0.138 e. The highest BCUT2D eigenvalue weighted by Crippen LogP contribution is 2.33. The van der Waals surface area contributed by atoms with Crippen molar-refractivity contribution in [1.29, 1.82) is 0 Å². The highest BCUT2D eigenvalue weighted by atomic mass is 19.1. The molecule has 3 nitrogen and oxygen atoms in total. The molecule has 0 fully saturated rings. The van der Waals surface area contributed by atoms with Gasteiger partial charge >= 0.3 is 0 Å². The van der Waals surface area contributed by atoms with Crippen LogP contribution < -0.4 is 0 Å². The van der Waals surface area contributed by atoms with Gasteiger partial charge in [0.05, 0.1) is 22.9 Å². The second kappa shape index (κ2) is 10.9. The Bertz CT molecular complexity index is 737. The highest BCUT2D eigenvalue weighted by molar-refractivity contribution is 5.83. The van der Waals surface area contributed by atoms with E-state index in [4.69, 9.17) is 0 Å². The van der Waals surface area contributed by atoms with Crippen LogP contribution in [0.25, 0.3) is 11.3 Å². The summed E-state index contributed by atoms with van der Waals surface area (Å²) in [4.78, 5) is 11.6. The molecule has 0 spiro atoms. The van der Waals surface area contributed by atoms with E-state index in [2.05, 4.69) is 31.0 Å². The van der Waals surface area contributed by atoms with Gasteiger partial charge in [-0.2, -0.15) is 5.10 Å². The van der Waals surface area contributed by atoms with Gasteiger partial charge in [-0.15, -0.1) is 5.10 Å². The number of hydrogen-bond donors (Lipinski definition) is 0. The molecule has 148 valence electrons. The monoisotopic (exact) mass is 376 g/mol. The molecule has 1 atom stereocenters. The third-order valence-corrected chi connectivity index (χ3v) is 3.88. The summed E-state index contributed by atoms with van der Waals surface area (Å²) >= 11 is 0. The van der Waals surface area contributed by atoms with Crippen LogP contribution in [0.2, 0.25) is 0 Å². The van der Waals surface area contributed by atoms with E-state index >= 15 is 0 Å². The van der Waals surface area contributed by atoms with Crippen LogP contribution in [0.15, 0.2) is 24.3 Å². The third kappa shape index (κ3) is 6.19. The minimum atomic E-state index is -0.664. The van der Waals surface area contributed by atoms with Crippen molar-refractivity contribution in [3.63, 3.8) is 0 Å². The number of ketones is 1. The number of carbonyl (C=O) groups is 1. The van der Waals surface area contributed by atoms with Crippen LogP contribution in [0.5, 0.6) is 0 Å². The van der Waals surface area contributed by atoms with Crippen molar-refractivity contribution in [2.75, 3.05) is 0 Å². The molecule has 1 aromatic heterocycles. The Morgan fingerprint density at radius 2 is 1.67 bits per heavy atom. The molecule has 0 radical (unpaired) electrons. The molecule has 0 aliphatic heterocycles. The van der Waals surface area contributed by atoms with Gasteiger partial charge in [0.15, 0.2) is 0 Å². The van der Waals surface area contributed by atoms with E-state index in [1.807, 2.05) is 13.8 Å². The molecule has 1 aliphatic carbocycles. The Labute approximate surface area is 161 Å². The number of Topliss-reactive ketones (excluding diaryl/α,β-unsaturated/α-hetero) is 1. The number of aryl methyl sites for hydroxylation is 1. The number of fused-ring (bicyclic) bond motifs is 1. The lowest BCUT2D eigenvalue weighted by Gasteiger charge is -2.22. The molecule has 1 aromatic carbocycles. The quantitative estimate of drug-likeness (QED) is 0.634. The fourth-order valence-electron chi connectivity index (χ4n) is 2.83. The largest absolute Gasteiger partial charge is 0.299 e. The summed E-state index contributed by atoms with van der Waals surface area (Å²) in [6.45, 7) is 12.0. The van der Waals surface area contributed by atoms with Gasteiger partial charge in [0.2, 0.25) is 0 Å². The number of hydrogen-bond acceptors (Lipinski definition) is 3. The van der Waals surface area contributed by atoms with Crippen molar-refractivity contribution >= 4 is 5.78 Å². The maximum Gasteiger partial charge on any atom is 0.138 e.